The zero-order valence-corrected chi connectivity index (χ0v) is 11.3. The van der Waals surface area contributed by atoms with Crippen molar-refractivity contribution < 1.29 is 0 Å². The molecule has 2 heterocycles. The van der Waals surface area contributed by atoms with E-state index in [9.17, 15) is 0 Å². The van der Waals surface area contributed by atoms with Crippen LogP contribution < -0.4 is 0 Å². The van der Waals surface area contributed by atoms with E-state index < -0.39 is 0 Å². The molecule has 5 heteroatoms. The lowest BCUT2D eigenvalue weighted by Gasteiger charge is -2.30. The summed E-state index contributed by atoms with van der Waals surface area (Å²) in [6.07, 6.45) is 3.98. The van der Waals surface area contributed by atoms with Crippen LogP contribution in [0.1, 0.15) is 24.6 Å². The molecule has 1 saturated heterocycles. The van der Waals surface area contributed by atoms with Crippen LogP contribution in [0.4, 0.5) is 0 Å². The van der Waals surface area contributed by atoms with E-state index in [4.69, 9.17) is 5.26 Å². The van der Waals surface area contributed by atoms with Crippen molar-refractivity contribution in [1.29, 1.82) is 5.26 Å². The Morgan fingerprint density at radius 1 is 1.30 bits per heavy atom. The average molecular weight is 267 g/mol. The molecule has 5 nitrogen and oxygen atoms in total. The second-order valence-electron chi connectivity index (χ2n) is 5.13. The minimum absolute atomic E-state index is 0.347. The van der Waals surface area contributed by atoms with Gasteiger partial charge in [0.05, 0.1) is 12.6 Å². The van der Waals surface area contributed by atoms with Crippen molar-refractivity contribution in [3.05, 3.63) is 42.5 Å². The lowest BCUT2D eigenvalue weighted by atomic mass is 9.97. The summed E-state index contributed by atoms with van der Waals surface area (Å²) in [5.74, 6) is 1.35. The van der Waals surface area contributed by atoms with E-state index in [1.807, 2.05) is 18.2 Å². The van der Waals surface area contributed by atoms with E-state index >= 15 is 0 Å². The number of para-hydroxylation sites is 1. The summed E-state index contributed by atoms with van der Waals surface area (Å²) in [4.78, 5) is 2.19. The van der Waals surface area contributed by atoms with E-state index in [0.717, 1.165) is 37.4 Å². The molecular formula is C15H17N5. The normalized spacial score (nSPS) is 19.6. The summed E-state index contributed by atoms with van der Waals surface area (Å²) >= 11 is 0. The predicted octanol–water partition coefficient (Wildman–Crippen LogP) is 1.97. The Balaban J connectivity index is 1.85. The van der Waals surface area contributed by atoms with Crippen LogP contribution in [0.15, 0.2) is 36.7 Å². The van der Waals surface area contributed by atoms with Crippen molar-refractivity contribution in [2.24, 2.45) is 0 Å². The highest BCUT2D eigenvalue weighted by atomic mass is 15.3. The number of hydrogen-bond acceptors (Lipinski definition) is 4. The maximum Gasteiger partial charge on any atom is 0.141 e. The molecule has 0 aliphatic carbocycles. The van der Waals surface area contributed by atoms with Gasteiger partial charge in [0.15, 0.2) is 0 Å². The molecule has 0 saturated carbocycles. The molecule has 0 N–H and O–H groups in total. The third-order valence-electron chi connectivity index (χ3n) is 3.77. The molecule has 0 bridgehead atoms. The molecule has 0 amide bonds. The quantitative estimate of drug-likeness (QED) is 0.798. The highest BCUT2D eigenvalue weighted by Gasteiger charge is 2.25. The van der Waals surface area contributed by atoms with Gasteiger partial charge in [-0.3, -0.25) is 9.47 Å². The summed E-state index contributed by atoms with van der Waals surface area (Å²) in [6, 6.07) is 12.4. The van der Waals surface area contributed by atoms with Crippen LogP contribution in [-0.2, 0) is 0 Å². The third kappa shape index (κ3) is 2.56. The van der Waals surface area contributed by atoms with Crippen molar-refractivity contribution in [3.8, 4) is 11.8 Å². The van der Waals surface area contributed by atoms with Gasteiger partial charge in [-0.05, 0) is 31.5 Å². The van der Waals surface area contributed by atoms with Gasteiger partial charge in [-0.2, -0.15) is 5.26 Å². The molecule has 2 aromatic rings. The largest absolute Gasteiger partial charge is 0.290 e. The van der Waals surface area contributed by atoms with Gasteiger partial charge in [0.2, 0.25) is 0 Å². The summed E-state index contributed by atoms with van der Waals surface area (Å²) in [5, 5.41) is 17.2. The van der Waals surface area contributed by atoms with Gasteiger partial charge >= 0.3 is 0 Å². The lowest BCUT2D eigenvalue weighted by molar-refractivity contribution is 0.225. The summed E-state index contributed by atoms with van der Waals surface area (Å²) in [5.41, 5.74) is 1.09. The van der Waals surface area contributed by atoms with Crippen LogP contribution in [0, 0.1) is 11.3 Å². The first kappa shape index (κ1) is 12.8. The molecule has 102 valence electrons. The summed E-state index contributed by atoms with van der Waals surface area (Å²) in [7, 11) is 0. The molecule has 0 radical (unpaired) electrons. The minimum atomic E-state index is 0.347. The van der Waals surface area contributed by atoms with Gasteiger partial charge in [0.25, 0.3) is 0 Å². The first-order valence-corrected chi connectivity index (χ1v) is 6.93. The zero-order valence-electron chi connectivity index (χ0n) is 11.3. The van der Waals surface area contributed by atoms with Gasteiger partial charge < -0.3 is 0 Å². The van der Waals surface area contributed by atoms with Gasteiger partial charge in [-0.25, -0.2) is 0 Å². The fraction of sp³-hybridized carbons (Fsp3) is 0.400. The minimum Gasteiger partial charge on any atom is -0.290 e. The zero-order chi connectivity index (χ0) is 13.8. The van der Waals surface area contributed by atoms with E-state index in [2.05, 4.69) is 37.9 Å². The third-order valence-corrected chi connectivity index (χ3v) is 3.77. The fourth-order valence-electron chi connectivity index (χ4n) is 2.82. The van der Waals surface area contributed by atoms with E-state index in [1.165, 1.54) is 0 Å². The van der Waals surface area contributed by atoms with Crippen molar-refractivity contribution in [2.45, 2.75) is 18.8 Å². The first-order chi connectivity index (χ1) is 9.88. The molecule has 1 aromatic carbocycles. The van der Waals surface area contributed by atoms with Crippen LogP contribution in [0.25, 0.3) is 5.69 Å². The second-order valence-corrected chi connectivity index (χ2v) is 5.13. The van der Waals surface area contributed by atoms with E-state index in [-0.39, 0.29) is 0 Å². The lowest BCUT2D eigenvalue weighted by Crippen LogP contribution is -2.35. The molecule has 1 aliphatic rings. The fourth-order valence-corrected chi connectivity index (χ4v) is 2.82. The standard InChI is InChI=1S/C15H17N5/c16-8-10-19-9-4-5-13(11-19)15-18-17-12-20(15)14-6-2-1-3-7-14/h1-3,6-7,12-13H,4-5,9-11H2. The van der Waals surface area contributed by atoms with E-state index in [1.54, 1.807) is 6.33 Å². The molecule has 1 fully saturated rings. The molecule has 1 aromatic heterocycles. The number of nitrogens with zero attached hydrogens (tertiary/aromatic N) is 5. The molecule has 3 rings (SSSR count). The van der Waals surface area contributed by atoms with Gasteiger partial charge in [0.1, 0.15) is 12.2 Å². The SMILES string of the molecule is N#CCN1CCCC(c2nncn2-c2ccccc2)C1. The van der Waals surface area contributed by atoms with Crippen LogP contribution in [0.3, 0.4) is 0 Å². The Hall–Kier alpha value is -2.19. The Kier molecular flexibility index (Phi) is 3.75. The number of benzene rings is 1. The predicted molar refractivity (Wildman–Crippen MR) is 75.4 cm³/mol. The average Bonchev–Trinajstić information content (AvgIpc) is 2.98. The van der Waals surface area contributed by atoms with Crippen LogP contribution >= 0.6 is 0 Å². The van der Waals surface area contributed by atoms with Crippen molar-refractivity contribution >= 4 is 0 Å². The molecule has 0 spiro atoms. The maximum atomic E-state index is 8.84. The van der Waals surface area contributed by atoms with Gasteiger partial charge in [-0.1, -0.05) is 18.2 Å². The smallest absolute Gasteiger partial charge is 0.141 e. The molecular weight excluding hydrogens is 250 g/mol. The maximum absolute atomic E-state index is 8.84. The van der Waals surface area contributed by atoms with Crippen LogP contribution in [0.2, 0.25) is 0 Å². The molecule has 1 atom stereocenters. The first-order valence-electron chi connectivity index (χ1n) is 6.93. The monoisotopic (exact) mass is 267 g/mol. The van der Waals surface area contributed by atoms with Crippen molar-refractivity contribution in [3.63, 3.8) is 0 Å². The molecule has 20 heavy (non-hydrogen) atoms. The molecule has 1 aliphatic heterocycles. The number of likely N-dealkylation sites (tertiary alicyclic amines) is 1. The van der Waals surface area contributed by atoms with Crippen LogP contribution in [-0.4, -0.2) is 39.3 Å². The summed E-state index contributed by atoms with van der Waals surface area (Å²) < 4.78 is 2.06. The topological polar surface area (TPSA) is 57.7 Å². The Bertz CT molecular complexity index is 598. The Morgan fingerprint density at radius 2 is 2.15 bits per heavy atom. The highest BCUT2D eigenvalue weighted by Crippen LogP contribution is 2.26. The summed E-state index contributed by atoms with van der Waals surface area (Å²) in [6.45, 7) is 2.39. The van der Waals surface area contributed by atoms with Crippen LogP contribution in [0.5, 0.6) is 0 Å². The van der Waals surface area contributed by atoms with Crippen molar-refractivity contribution in [2.75, 3.05) is 19.6 Å². The Morgan fingerprint density at radius 3 is 2.95 bits per heavy atom. The number of aromatic nitrogens is 3. The van der Waals surface area contributed by atoms with Crippen molar-refractivity contribution in [1.82, 2.24) is 19.7 Å². The Labute approximate surface area is 118 Å². The number of piperidine rings is 1. The number of hydrogen-bond donors (Lipinski definition) is 0. The van der Waals surface area contributed by atoms with Gasteiger partial charge in [0, 0.05) is 18.2 Å². The van der Waals surface area contributed by atoms with Gasteiger partial charge in [-0.15, -0.1) is 10.2 Å². The van der Waals surface area contributed by atoms with E-state index in [0.29, 0.717) is 12.5 Å². The second kappa shape index (κ2) is 5.85. The number of rotatable bonds is 3. The highest BCUT2D eigenvalue weighted by molar-refractivity contribution is 5.32. The molecule has 1 unspecified atom stereocenters. The number of nitriles is 1.